The molecule has 0 atom stereocenters. The molecule has 0 unspecified atom stereocenters. The van der Waals surface area contributed by atoms with Crippen molar-refractivity contribution in [2.45, 2.75) is 33.4 Å². The summed E-state index contributed by atoms with van der Waals surface area (Å²) in [6.45, 7) is 7.67. The largest absolute Gasteiger partial charge is 0.489 e. The average molecular weight is 488 g/mol. The van der Waals surface area contributed by atoms with Crippen molar-refractivity contribution in [2.75, 3.05) is 26.2 Å². The van der Waals surface area contributed by atoms with Crippen molar-refractivity contribution in [3.63, 3.8) is 0 Å². The highest BCUT2D eigenvalue weighted by Crippen LogP contribution is 2.24. The zero-order valence-corrected chi connectivity index (χ0v) is 20.3. The Balaban J connectivity index is 1.35. The number of aromatic nitrogens is 1. The molecule has 1 fully saturated rings. The maximum atomic E-state index is 13.2. The summed E-state index contributed by atoms with van der Waals surface area (Å²) in [4.78, 5) is 17.3. The van der Waals surface area contributed by atoms with E-state index in [1.165, 1.54) is 5.56 Å². The van der Waals surface area contributed by atoms with Gasteiger partial charge in [-0.05, 0) is 48.7 Å². The van der Waals surface area contributed by atoms with E-state index >= 15 is 0 Å². The summed E-state index contributed by atoms with van der Waals surface area (Å²) < 4.78 is 11.3. The SMILES string of the molecule is CCc1ccc(OCc2c(C(=O)N3CCN(Cc4ccc(Cl)c(Cl)c4)CC3)noc2C)cc1. The Morgan fingerprint density at radius 2 is 1.73 bits per heavy atom. The molecule has 0 radical (unpaired) electrons. The van der Waals surface area contributed by atoms with Crippen LogP contribution in [0.3, 0.4) is 0 Å². The summed E-state index contributed by atoms with van der Waals surface area (Å²) in [5.41, 5.74) is 3.37. The van der Waals surface area contributed by atoms with Gasteiger partial charge in [-0.3, -0.25) is 9.69 Å². The van der Waals surface area contributed by atoms with E-state index in [1.54, 1.807) is 6.92 Å². The Labute approximate surface area is 204 Å². The standard InChI is InChI=1S/C25H27Cl2N3O3/c1-3-18-4-7-20(8-5-18)32-16-21-17(2)33-28-24(21)25(31)30-12-10-29(11-13-30)15-19-6-9-22(26)23(27)14-19/h4-9,14H,3,10-13,15-16H2,1-2H3. The van der Waals surface area contributed by atoms with E-state index in [0.29, 0.717) is 40.2 Å². The second-order valence-electron chi connectivity index (χ2n) is 8.17. The maximum Gasteiger partial charge on any atom is 0.276 e. The summed E-state index contributed by atoms with van der Waals surface area (Å²) in [5.74, 6) is 1.23. The van der Waals surface area contributed by atoms with Crippen LogP contribution >= 0.6 is 23.2 Å². The van der Waals surface area contributed by atoms with Gasteiger partial charge >= 0.3 is 0 Å². The fourth-order valence-electron chi connectivity index (χ4n) is 3.86. The predicted octanol–water partition coefficient (Wildman–Crippen LogP) is 5.39. The molecule has 0 spiro atoms. The van der Waals surface area contributed by atoms with Crippen molar-refractivity contribution in [1.29, 1.82) is 0 Å². The number of hydrogen-bond acceptors (Lipinski definition) is 5. The maximum absolute atomic E-state index is 13.2. The van der Waals surface area contributed by atoms with Crippen LogP contribution in [0.4, 0.5) is 0 Å². The lowest BCUT2D eigenvalue weighted by atomic mass is 10.1. The molecule has 2 aromatic carbocycles. The molecule has 0 N–H and O–H groups in total. The summed E-state index contributed by atoms with van der Waals surface area (Å²) >= 11 is 12.1. The smallest absolute Gasteiger partial charge is 0.276 e. The molecule has 6 nitrogen and oxygen atoms in total. The summed E-state index contributed by atoms with van der Waals surface area (Å²) in [6.07, 6.45) is 0.977. The number of rotatable bonds is 7. The lowest BCUT2D eigenvalue weighted by molar-refractivity contribution is 0.0616. The minimum Gasteiger partial charge on any atom is -0.489 e. The highest BCUT2D eigenvalue weighted by Gasteiger charge is 2.28. The molecule has 1 aliphatic rings. The molecule has 0 bridgehead atoms. The van der Waals surface area contributed by atoms with E-state index < -0.39 is 0 Å². The van der Waals surface area contributed by atoms with Crippen LogP contribution in [0.1, 0.15) is 39.9 Å². The van der Waals surface area contributed by atoms with Gasteiger partial charge in [0.15, 0.2) is 5.69 Å². The Kier molecular flexibility index (Phi) is 7.58. The molecule has 2 heterocycles. The molecule has 0 aliphatic carbocycles. The van der Waals surface area contributed by atoms with Gasteiger partial charge in [0.25, 0.3) is 5.91 Å². The molecule has 1 aliphatic heterocycles. The fourth-order valence-corrected chi connectivity index (χ4v) is 4.18. The number of halogens is 2. The van der Waals surface area contributed by atoms with Crippen LogP contribution in [-0.4, -0.2) is 47.0 Å². The molecule has 33 heavy (non-hydrogen) atoms. The first kappa shape index (κ1) is 23.6. The average Bonchev–Trinajstić information content (AvgIpc) is 3.20. The molecule has 8 heteroatoms. The van der Waals surface area contributed by atoms with Crippen molar-refractivity contribution in [2.24, 2.45) is 0 Å². The summed E-state index contributed by atoms with van der Waals surface area (Å²) in [6, 6.07) is 13.6. The monoisotopic (exact) mass is 487 g/mol. The highest BCUT2D eigenvalue weighted by atomic mass is 35.5. The van der Waals surface area contributed by atoms with E-state index in [9.17, 15) is 4.79 Å². The van der Waals surface area contributed by atoms with Gasteiger partial charge in [-0.2, -0.15) is 0 Å². The number of ether oxygens (including phenoxy) is 1. The zero-order valence-electron chi connectivity index (χ0n) is 18.8. The van der Waals surface area contributed by atoms with Gasteiger partial charge in [0.1, 0.15) is 18.1 Å². The lowest BCUT2D eigenvalue weighted by Gasteiger charge is -2.34. The number of benzene rings is 2. The van der Waals surface area contributed by atoms with Crippen LogP contribution in [0, 0.1) is 6.92 Å². The van der Waals surface area contributed by atoms with Gasteiger partial charge in [0.05, 0.1) is 15.6 Å². The Hall–Kier alpha value is -2.54. The number of carbonyl (C=O) groups excluding carboxylic acids is 1. The lowest BCUT2D eigenvalue weighted by Crippen LogP contribution is -2.48. The number of aryl methyl sites for hydroxylation is 2. The van der Waals surface area contributed by atoms with Gasteiger partial charge in [-0.15, -0.1) is 0 Å². The third-order valence-corrected chi connectivity index (χ3v) is 6.69. The van der Waals surface area contributed by atoms with Gasteiger partial charge < -0.3 is 14.2 Å². The van der Waals surface area contributed by atoms with E-state index in [2.05, 4.69) is 17.0 Å². The minimum atomic E-state index is -0.124. The zero-order chi connectivity index (χ0) is 23.4. The minimum absolute atomic E-state index is 0.124. The normalized spacial score (nSPS) is 14.5. The van der Waals surface area contributed by atoms with Crippen LogP contribution in [0.5, 0.6) is 5.75 Å². The molecule has 1 amide bonds. The summed E-state index contributed by atoms with van der Waals surface area (Å²) in [7, 11) is 0. The second-order valence-corrected chi connectivity index (χ2v) is 8.98. The third kappa shape index (κ3) is 5.69. The molecule has 1 aromatic heterocycles. The Morgan fingerprint density at radius 1 is 1.03 bits per heavy atom. The van der Waals surface area contributed by atoms with E-state index in [0.717, 1.165) is 37.4 Å². The van der Waals surface area contributed by atoms with Crippen LogP contribution in [0.2, 0.25) is 10.0 Å². The molecule has 1 saturated heterocycles. The molecular formula is C25H27Cl2N3O3. The van der Waals surface area contributed by atoms with Gasteiger partial charge in [0.2, 0.25) is 0 Å². The number of nitrogens with zero attached hydrogens (tertiary/aromatic N) is 3. The number of amides is 1. The number of carbonyl (C=O) groups is 1. The highest BCUT2D eigenvalue weighted by molar-refractivity contribution is 6.42. The Bertz CT molecular complexity index is 1110. The predicted molar refractivity (Wildman–Crippen MR) is 129 cm³/mol. The fraction of sp³-hybridized carbons (Fsp3) is 0.360. The van der Waals surface area contributed by atoms with Crippen molar-refractivity contribution >= 4 is 29.1 Å². The molecule has 3 aromatic rings. The number of hydrogen-bond donors (Lipinski definition) is 0. The first-order valence-corrected chi connectivity index (χ1v) is 11.8. The van der Waals surface area contributed by atoms with E-state index in [-0.39, 0.29) is 12.5 Å². The molecule has 0 saturated carbocycles. The van der Waals surface area contributed by atoms with E-state index in [4.69, 9.17) is 32.5 Å². The van der Waals surface area contributed by atoms with Crippen LogP contribution in [0.15, 0.2) is 47.0 Å². The van der Waals surface area contributed by atoms with Crippen molar-refractivity contribution in [3.05, 3.63) is 80.7 Å². The first-order chi connectivity index (χ1) is 15.9. The van der Waals surface area contributed by atoms with Crippen molar-refractivity contribution in [3.8, 4) is 5.75 Å². The number of piperazine rings is 1. The van der Waals surface area contributed by atoms with Crippen LogP contribution in [-0.2, 0) is 19.6 Å². The quantitative estimate of drug-likeness (QED) is 0.447. The first-order valence-electron chi connectivity index (χ1n) is 11.1. The van der Waals surface area contributed by atoms with Gasteiger partial charge in [0, 0.05) is 32.7 Å². The molecule has 4 rings (SSSR count). The third-order valence-electron chi connectivity index (χ3n) is 5.95. The van der Waals surface area contributed by atoms with Gasteiger partial charge in [-0.1, -0.05) is 53.5 Å². The van der Waals surface area contributed by atoms with Gasteiger partial charge in [-0.25, -0.2) is 0 Å². The Morgan fingerprint density at radius 3 is 2.39 bits per heavy atom. The van der Waals surface area contributed by atoms with E-state index in [1.807, 2.05) is 47.4 Å². The topological polar surface area (TPSA) is 58.8 Å². The van der Waals surface area contributed by atoms with Crippen molar-refractivity contribution < 1.29 is 14.1 Å². The summed E-state index contributed by atoms with van der Waals surface area (Å²) in [5, 5.41) is 5.16. The molecule has 174 valence electrons. The second kappa shape index (κ2) is 10.6. The van der Waals surface area contributed by atoms with Crippen molar-refractivity contribution in [1.82, 2.24) is 15.0 Å². The molecular weight excluding hydrogens is 461 g/mol. The van der Waals surface area contributed by atoms with Crippen LogP contribution < -0.4 is 4.74 Å². The van der Waals surface area contributed by atoms with Crippen LogP contribution in [0.25, 0.3) is 0 Å².